The molecule has 1 aromatic carbocycles. The van der Waals surface area contributed by atoms with Crippen LogP contribution in [-0.4, -0.2) is 12.1 Å². The molecule has 0 unspecified atom stereocenters. The highest BCUT2D eigenvalue weighted by Gasteiger charge is 2.45. The second-order valence-electron chi connectivity index (χ2n) is 6.68. The highest BCUT2D eigenvalue weighted by atomic mass is 15.0. The number of terminal acetylenes is 1. The van der Waals surface area contributed by atoms with Crippen molar-refractivity contribution in [3.8, 4) is 24.5 Å². The molecule has 2 fully saturated rings. The fraction of sp³-hybridized carbons (Fsp3) is 0.364. The van der Waals surface area contributed by atoms with Crippen LogP contribution in [0.5, 0.6) is 0 Å². The molecule has 0 aliphatic carbocycles. The maximum absolute atomic E-state index is 9.46. The average molecular weight is 327 g/mol. The van der Waals surface area contributed by atoms with E-state index in [1.54, 1.807) is 0 Å². The smallest absolute Gasteiger partial charge is 0.129 e. The van der Waals surface area contributed by atoms with Gasteiger partial charge in [-0.05, 0) is 30.4 Å². The normalized spacial score (nSPS) is 27.5. The Labute approximate surface area is 149 Å². The molecule has 0 saturated carbocycles. The Hall–Kier alpha value is -2.80. The van der Waals surface area contributed by atoms with Gasteiger partial charge in [-0.15, -0.1) is 12.3 Å². The lowest BCUT2D eigenvalue weighted by molar-refractivity contribution is 0.299. The Bertz CT molecular complexity index is 782. The van der Waals surface area contributed by atoms with Crippen LogP contribution in [0.4, 0.5) is 0 Å². The van der Waals surface area contributed by atoms with Gasteiger partial charge < -0.3 is 5.32 Å². The average Bonchev–Trinajstić information content (AvgIpc) is 3.08. The Balaban J connectivity index is 1.90. The molecule has 2 bridgehead atoms. The first kappa shape index (κ1) is 17.0. The topological polar surface area (TPSA) is 59.6 Å². The van der Waals surface area contributed by atoms with E-state index in [4.69, 9.17) is 6.42 Å². The molecule has 2 aliphatic heterocycles. The predicted molar refractivity (Wildman–Crippen MR) is 98.7 cm³/mol. The van der Waals surface area contributed by atoms with E-state index in [2.05, 4.69) is 47.7 Å². The van der Waals surface area contributed by atoms with Gasteiger partial charge in [0.25, 0.3) is 0 Å². The lowest BCUT2D eigenvalue weighted by Gasteiger charge is -2.38. The molecule has 25 heavy (non-hydrogen) atoms. The highest BCUT2D eigenvalue weighted by molar-refractivity contribution is 5.50. The first-order valence-electron chi connectivity index (χ1n) is 8.73. The summed E-state index contributed by atoms with van der Waals surface area (Å²) in [5.41, 5.74) is 2.39. The lowest BCUT2D eigenvalue weighted by Crippen LogP contribution is -2.47. The van der Waals surface area contributed by atoms with Crippen LogP contribution in [0.3, 0.4) is 0 Å². The number of hydrogen-bond donors (Lipinski definition) is 1. The SMILES string of the molecule is C#CC[C@@H]1C(=C(C#N)C#N)[C@H](C/C=C/c2ccccc2)[C@H]2CC[C@@H]1N2. The molecule has 1 N–H and O–H groups in total. The molecule has 2 aliphatic rings. The molecule has 3 heteroatoms. The summed E-state index contributed by atoms with van der Waals surface area (Å²) in [6, 6.07) is 15.0. The predicted octanol–water partition coefficient (Wildman–Crippen LogP) is 3.82. The minimum Gasteiger partial charge on any atom is -0.310 e. The number of nitrogens with zero attached hydrogens (tertiary/aromatic N) is 2. The Kier molecular flexibility index (Phi) is 5.35. The van der Waals surface area contributed by atoms with Gasteiger partial charge in [-0.3, -0.25) is 0 Å². The van der Waals surface area contributed by atoms with Gasteiger partial charge in [0.15, 0.2) is 0 Å². The summed E-state index contributed by atoms with van der Waals surface area (Å²) in [4.78, 5) is 0. The maximum Gasteiger partial charge on any atom is 0.129 e. The molecule has 124 valence electrons. The van der Waals surface area contributed by atoms with Crippen LogP contribution in [0.2, 0.25) is 0 Å². The van der Waals surface area contributed by atoms with Gasteiger partial charge in [0.05, 0.1) is 0 Å². The van der Waals surface area contributed by atoms with E-state index >= 15 is 0 Å². The van der Waals surface area contributed by atoms with Crippen molar-refractivity contribution >= 4 is 6.08 Å². The molecule has 0 amide bonds. The number of hydrogen-bond acceptors (Lipinski definition) is 3. The van der Waals surface area contributed by atoms with Crippen LogP contribution in [0.25, 0.3) is 6.08 Å². The number of nitriles is 2. The summed E-state index contributed by atoms with van der Waals surface area (Å²) in [6.07, 6.45) is 13.3. The van der Waals surface area contributed by atoms with Gasteiger partial charge in [-0.1, -0.05) is 42.5 Å². The van der Waals surface area contributed by atoms with Crippen molar-refractivity contribution < 1.29 is 0 Å². The summed E-state index contributed by atoms with van der Waals surface area (Å²) < 4.78 is 0. The quantitative estimate of drug-likeness (QED) is 0.675. The van der Waals surface area contributed by atoms with Gasteiger partial charge in [-0.25, -0.2) is 0 Å². The van der Waals surface area contributed by atoms with Gasteiger partial charge in [0.2, 0.25) is 0 Å². The lowest BCUT2D eigenvalue weighted by atomic mass is 9.74. The number of allylic oxidation sites excluding steroid dienone is 2. The third-order valence-electron chi connectivity index (χ3n) is 5.34. The molecule has 1 aromatic rings. The van der Waals surface area contributed by atoms with E-state index in [9.17, 15) is 10.5 Å². The zero-order valence-corrected chi connectivity index (χ0v) is 14.2. The van der Waals surface area contributed by atoms with Crippen molar-refractivity contribution in [2.24, 2.45) is 11.8 Å². The first-order valence-corrected chi connectivity index (χ1v) is 8.73. The van der Waals surface area contributed by atoms with Crippen molar-refractivity contribution in [3.05, 3.63) is 53.1 Å². The minimum absolute atomic E-state index is 0.0909. The molecular formula is C22H21N3. The Morgan fingerprint density at radius 2 is 1.80 bits per heavy atom. The Morgan fingerprint density at radius 1 is 1.12 bits per heavy atom. The summed E-state index contributed by atoms with van der Waals surface area (Å²) in [6.45, 7) is 0. The molecule has 0 radical (unpaired) electrons. The molecule has 2 saturated heterocycles. The molecule has 0 aromatic heterocycles. The molecular weight excluding hydrogens is 306 g/mol. The maximum atomic E-state index is 9.46. The van der Waals surface area contributed by atoms with Gasteiger partial charge in [-0.2, -0.15) is 10.5 Å². The summed E-state index contributed by atoms with van der Waals surface area (Å²) >= 11 is 0. The van der Waals surface area contributed by atoms with Gasteiger partial charge in [0, 0.05) is 30.3 Å². The zero-order chi connectivity index (χ0) is 17.6. The van der Waals surface area contributed by atoms with Crippen LogP contribution in [0.15, 0.2) is 47.6 Å². The van der Waals surface area contributed by atoms with E-state index in [0.717, 1.165) is 30.4 Å². The monoisotopic (exact) mass is 327 g/mol. The van der Waals surface area contributed by atoms with Crippen molar-refractivity contribution in [3.63, 3.8) is 0 Å². The van der Waals surface area contributed by atoms with Crippen LogP contribution in [0, 0.1) is 46.8 Å². The fourth-order valence-electron chi connectivity index (χ4n) is 4.25. The molecule has 2 heterocycles. The fourth-order valence-corrected chi connectivity index (χ4v) is 4.25. The number of nitrogens with one attached hydrogen (secondary N) is 1. The summed E-state index contributed by atoms with van der Waals surface area (Å²) in [7, 11) is 0. The second kappa shape index (κ2) is 7.85. The van der Waals surface area contributed by atoms with Crippen LogP contribution in [-0.2, 0) is 0 Å². The van der Waals surface area contributed by atoms with E-state index in [-0.39, 0.29) is 17.4 Å². The van der Waals surface area contributed by atoms with Gasteiger partial charge >= 0.3 is 0 Å². The third-order valence-corrected chi connectivity index (χ3v) is 5.34. The standard InChI is InChI=1S/C22H21N3/c1-2-7-18-20-12-13-21(25-20)19(22(18)17(14-23)15-24)11-6-10-16-8-4-3-5-9-16/h1,3-6,8-10,18-21,25H,7,11-13H2/b10-6+/t18-,19+,20-,21+/m0/s1. The molecule has 3 rings (SSSR count). The van der Waals surface area contributed by atoms with Crippen LogP contribution in [0.1, 0.15) is 31.2 Å². The van der Waals surface area contributed by atoms with E-state index < -0.39 is 0 Å². The van der Waals surface area contributed by atoms with Gasteiger partial charge in [0.1, 0.15) is 17.7 Å². The van der Waals surface area contributed by atoms with Crippen molar-refractivity contribution in [1.82, 2.24) is 5.32 Å². The Morgan fingerprint density at radius 3 is 2.44 bits per heavy atom. The van der Waals surface area contributed by atoms with Crippen molar-refractivity contribution in [2.75, 3.05) is 0 Å². The van der Waals surface area contributed by atoms with Crippen molar-refractivity contribution in [2.45, 2.75) is 37.8 Å². The highest BCUT2D eigenvalue weighted by Crippen LogP contribution is 2.44. The third kappa shape index (κ3) is 3.51. The first-order chi connectivity index (χ1) is 12.3. The van der Waals surface area contributed by atoms with Crippen molar-refractivity contribution in [1.29, 1.82) is 10.5 Å². The largest absolute Gasteiger partial charge is 0.310 e. The van der Waals surface area contributed by atoms with Crippen LogP contribution >= 0.6 is 0 Å². The number of benzene rings is 1. The number of fused-ring (bicyclic) bond motifs is 2. The number of piperidine rings is 1. The summed E-state index contributed by atoms with van der Waals surface area (Å²) in [5.74, 6) is 2.99. The van der Waals surface area contributed by atoms with E-state index in [0.29, 0.717) is 18.5 Å². The molecule has 3 nitrogen and oxygen atoms in total. The van der Waals surface area contributed by atoms with Crippen LogP contribution < -0.4 is 5.32 Å². The second-order valence-corrected chi connectivity index (χ2v) is 6.68. The van der Waals surface area contributed by atoms with E-state index in [1.165, 1.54) is 0 Å². The molecule has 0 spiro atoms. The minimum atomic E-state index is 0.0909. The van der Waals surface area contributed by atoms with E-state index in [1.807, 2.05) is 18.2 Å². The molecule has 4 atom stereocenters. The number of rotatable bonds is 4. The summed E-state index contributed by atoms with van der Waals surface area (Å²) in [5, 5.41) is 22.6. The zero-order valence-electron chi connectivity index (χ0n) is 14.2.